The van der Waals surface area contributed by atoms with Crippen LogP contribution in [0.15, 0.2) is 30.3 Å². The van der Waals surface area contributed by atoms with E-state index in [1.54, 1.807) is 12.1 Å². The van der Waals surface area contributed by atoms with Gasteiger partial charge in [-0.3, -0.25) is 19.2 Å². The predicted octanol–water partition coefficient (Wildman–Crippen LogP) is 9.06. The highest BCUT2D eigenvalue weighted by molar-refractivity contribution is 6.32. The summed E-state index contributed by atoms with van der Waals surface area (Å²) in [4.78, 5) is 54.8. The Bertz CT molecular complexity index is 1650. The van der Waals surface area contributed by atoms with E-state index in [-0.39, 0.29) is 87.9 Å². The number of phenolic OH excluding ortho intramolecular Hbond substituents is 1. The topological polar surface area (TPSA) is 131 Å². The number of aromatic hydroxyl groups is 1. The minimum Gasteiger partial charge on any atom is -0.507 e. The van der Waals surface area contributed by atoms with E-state index < -0.39 is 22.4 Å². The smallest absolute Gasteiger partial charge is 0.312 e. The monoisotopic (exact) mass is 706 g/mol. The Hall–Kier alpha value is -3.88. The van der Waals surface area contributed by atoms with Crippen molar-refractivity contribution in [2.45, 2.75) is 110 Å². The lowest BCUT2D eigenvalue weighted by Crippen LogP contribution is -2.44. The third kappa shape index (κ3) is 9.14. The van der Waals surface area contributed by atoms with Gasteiger partial charge in [0.25, 0.3) is 0 Å². The van der Waals surface area contributed by atoms with Crippen LogP contribution in [0.3, 0.4) is 0 Å². The van der Waals surface area contributed by atoms with E-state index in [9.17, 15) is 24.3 Å². The van der Waals surface area contributed by atoms with Gasteiger partial charge < -0.3 is 25.2 Å². The number of ketones is 2. The number of benzene rings is 2. The van der Waals surface area contributed by atoms with Gasteiger partial charge in [-0.25, -0.2) is 0 Å². The van der Waals surface area contributed by atoms with Gasteiger partial charge in [-0.1, -0.05) is 95.2 Å². The van der Waals surface area contributed by atoms with Crippen LogP contribution in [0.5, 0.6) is 5.75 Å². The molecule has 0 saturated heterocycles. The maximum absolute atomic E-state index is 14.0. The Balaban J connectivity index is 1.84. The molecule has 2 aromatic rings. The highest BCUT2D eigenvalue weighted by atomic mass is 16.5. The molecule has 0 aromatic heterocycles. The first-order valence-electron chi connectivity index (χ1n) is 18.1. The molecule has 51 heavy (non-hydrogen) atoms. The second-order valence-corrected chi connectivity index (χ2v) is 19.0. The molecule has 1 aliphatic rings. The van der Waals surface area contributed by atoms with Crippen molar-refractivity contribution < 1.29 is 33.8 Å². The summed E-state index contributed by atoms with van der Waals surface area (Å²) in [7, 11) is 0. The Morgan fingerprint density at radius 1 is 0.588 bits per heavy atom. The summed E-state index contributed by atoms with van der Waals surface area (Å²) in [6.07, 6.45) is 1.29. The third-order valence-corrected chi connectivity index (χ3v) is 10.5. The van der Waals surface area contributed by atoms with Crippen LogP contribution < -0.4 is 10.6 Å². The van der Waals surface area contributed by atoms with E-state index in [1.165, 1.54) is 18.2 Å². The van der Waals surface area contributed by atoms with Gasteiger partial charge in [-0.2, -0.15) is 0 Å². The molecular formula is C42H62N2O7. The molecule has 9 heteroatoms. The molecule has 2 atom stereocenters. The molecule has 0 radical (unpaired) electrons. The molecule has 0 spiro atoms. The average Bonchev–Trinajstić information content (AvgIpc) is 2.97. The van der Waals surface area contributed by atoms with Crippen molar-refractivity contribution in [3.63, 3.8) is 0 Å². The van der Waals surface area contributed by atoms with Gasteiger partial charge >= 0.3 is 11.9 Å². The van der Waals surface area contributed by atoms with Crippen molar-refractivity contribution in [2.24, 2.45) is 32.5 Å². The highest BCUT2D eigenvalue weighted by Gasteiger charge is 2.49. The van der Waals surface area contributed by atoms with Crippen molar-refractivity contribution in [2.75, 3.05) is 36.9 Å². The van der Waals surface area contributed by atoms with Gasteiger partial charge in [-0.15, -0.1) is 0 Å². The number of hydrogen-bond acceptors (Lipinski definition) is 9. The summed E-state index contributed by atoms with van der Waals surface area (Å²) < 4.78 is 11.6. The van der Waals surface area contributed by atoms with E-state index in [1.807, 2.05) is 55.4 Å². The molecule has 0 fully saturated rings. The van der Waals surface area contributed by atoms with Gasteiger partial charge in [0, 0.05) is 30.0 Å². The predicted molar refractivity (Wildman–Crippen MR) is 204 cm³/mol. The van der Waals surface area contributed by atoms with E-state index in [0.29, 0.717) is 24.2 Å². The van der Waals surface area contributed by atoms with Gasteiger partial charge in [0.05, 0.1) is 27.5 Å². The van der Waals surface area contributed by atoms with Gasteiger partial charge in [0.2, 0.25) is 0 Å². The summed E-state index contributed by atoms with van der Waals surface area (Å²) in [5, 5.41) is 17.0. The van der Waals surface area contributed by atoms with Crippen LogP contribution in [-0.2, 0) is 19.1 Å². The first-order chi connectivity index (χ1) is 23.1. The summed E-state index contributed by atoms with van der Waals surface area (Å²) in [6, 6.07) is 7.82. The number of phenols is 1. The molecule has 9 nitrogen and oxygen atoms in total. The maximum atomic E-state index is 14.0. The number of rotatable bonds is 12. The number of esters is 2. The zero-order valence-electron chi connectivity index (χ0n) is 33.5. The first-order valence-corrected chi connectivity index (χ1v) is 18.1. The van der Waals surface area contributed by atoms with Crippen LogP contribution in [0.2, 0.25) is 0 Å². The summed E-state index contributed by atoms with van der Waals surface area (Å²) in [6.45, 7) is 29.2. The molecule has 0 saturated carbocycles. The summed E-state index contributed by atoms with van der Waals surface area (Å²) in [5.41, 5.74) is -1.22. The number of hydrogen-bond donors (Lipinski definition) is 3. The molecule has 0 heterocycles. The molecule has 3 N–H and O–H groups in total. The van der Waals surface area contributed by atoms with Crippen molar-refractivity contribution in [1.29, 1.82) is 0 Å². The number of carbonyl (C=O) groups is 4. The molecule has 3 rings (SSSR count). The lowest BCUT2D eigenvalue weighted by molar-refractivity contribution is -0.165. The molecule has 0 aliphatic heterocycles. The normalized spacial score (nSPS) is 16.0. The van der Waals surface area contributed by atoms with Crippen LogP contribution >= 0.6 is 0 Å². The van der Waals surface area contributed by atoms with Gasteiger partial charge in [0.15, 0.2) is 11.6 Å². The minimum absolute atomic E-state index is 0.0431. The summed E-state index contributed by atoms with van der Waals surface area (Å²) >= 11 is 0. The lowest BCUT2D eigenvalue weighted by atomic mass is 9.61. The second-order valence-electron chi connectivity index (χ2n) is 19.0. The molecule has 282 valence electrons. The Morgan fingerprint density at radius 2 is 0.980 bits per heavy atom. The maximum Gasteiger partial charge on any atom is 0.312 e. The fraction of sp³-hybridized carbons (Fsp3) is 0.619. The Morgan fingerprint density at radius 3 is 1.35 bits per heavy atom. The molecule has 0 bridgehead atoms. The standard InChI is InChI=1S/C42H62N2O7/c1-37(2,3)24-41(13,39(7,8)9)35(48)50-22-20-43-27-18-19-28(32-31(27)33(46)26-16-15-17-29(45)30(26)34(32)47)44-21-23-51-36(49)42(14,40(10,11)12)25-38(4,5)6/h15-19,43-45H,20-25H2,1-14H3. The van der Waals surface area contributed by atoms with Crippen molar-refractivity contribution >= 4 is 34.9 Å². The van der Waals surface area contributed by atoms with Crippen LogP contribution in [0.25, 0.3) is 0 Å². The molecule has 1 aliphatic carbocycles. The van der Waals surface area contributed by atoms with Gasteiger partial charge in [-0.05, 0) is 66.5 Å². The molecule has 2 unspecified atom stereocenters. The Kier molecular flexibility index (Phi) is 11.9. The number of nitrogens with one attached hydrogen (secondary N) is 2. The minimum atomic E-state index is -0.729. The number of ether oxygens (including phenoxy) is 2. The van der Waals surface area contributed by atoms with E-state index in [0.717, 1.165) is 0 Å². The van der Waals surface area contributed by atoms with E-state index in [2.05, 4.69) is 52.2 Å². The largest absolute Gasteiger partial charge is 0.507 e. The second kappa shape index (κ2) is 14.6. The zero-order chi connectivity index (χ0) is 39.0. The molecular weight excluding hydrogens is 644 g/mol. The van der Waals surface area contributed by atoms with Crippen molar-refractivity contribution in [3.05, 3.63) is 52.6 Å². The summed E-state index contributed by atoms with van der Waals surface area (Å²) in [5.74, 6) is -1.77. The van der Waals surface area contributed by atoms with E-state index in [4.69, 9.17) is 9.47 Å². The molecule has 0 amide bonds. The average molecular weight is 707 g/mol. The lowest BCUT2D eigenvalue weighted by Gasteiger charge is -2.43. The number of carbonyl (C=O) groups excluding carboxylic acids is 4. The van der Waals surface area contributed by atoms with Crippen LogP contribution in [0.1, 0.15) is 142 Å². The number of anilines is 2. The van der Waals surface area contributed by atoms with Crippen LogP contribution in [-0.4, -0.2) is 54.9 Å². The third-order valence-electron chi connectivity index (χ3n) is 10.5. The first kappa shape index (κ1) is 41.5. The SMILES string of the molecule is CC(C)(C)CC(C)(C(=O)OCCNc1ccc(NCCOC(=O)C(C)(CC(C)(C)C)C(C)(C)C)c2c1C(=O)c1cccc(O)c1C2=O)C(C)(C)C. The fourth-order valence-corrected chi connectivity index (χ4v) is 6.98. The van der Waals surface area contributed by atoms with Crippen molar-refractivity contribution in [1.82, 2.24) is 0 Å². The van der Waals surface area contributed by atoms with Crippen molar-refractivity contribution in [3.8, 4) is 5.75 Å². The van der Waals surface area contributed by atoms with E-state index >= 15 is 0 Å². The Labute approximate surface area is 305 Å². The van der Waals surface area contributed by atoms with Crippen LogP contribution in [0, 0.1) is 32.5 Å². The fourth-order valence-electron chi connectivity index (χ4n) is 6.98. The van der Waals surface area contributed by atoms with Gasteiger partial charge in [0.1, 0.15) is 19.0 Å². The zero-order valence-corrected chi connectivity index (χ0v) is 33.5. The van der Waals surface area contributed by atoms with Crippen LogP contribution in [0.4, 0.5) is 11.4 Å². The molecule has 2 aromatic carbocycles. The highest BCUT2D eigenvalue weighted by Crippen LogP contribution is 2.48. The number of fused-ring (bicyclic) bond motifs is 2. The quantitative estimate of drug-likeness (QED) is 0.125.